The third kappa shape index (κ3) is 2.95. The molecule has 0 aliphatic rings. The molecule has 0 aliphatic heterocycles. The van der Waals surface area contributed by atoms with Crippen LogP contribution in [-0.4, -0.2) is 30.9 Å². The van der Waals surface area contributed by atoms with Crippen molar-refractivity contribution in [2.45, 2.75) is 13.5 Å². The van der Waals surface area contributed by atoms with Crippen LogP contribution in [-0.2, 0) is 6.54 Å². The van der Waals surface area contributed by atoms with Gasteiger partial charge in [-0.3, -0.25) is 9.78 Å². The number of nitrogens with one attached hydrogen (secondary N) is 1. The summed E-state index contributed by atoms with van der Waals surface area (Å²) in [5, 5.41) is 10.9. The summed E-state index contributed by atoms with van der Waals surface area (Å²) in [4.78, 5) is 20.6. The maximum atomic E-state index is 12.0. The second-order valence-corrected chi connectivity index (χ2v) is 5.16. The number of amides is 1. The van der Waals surface area contributed by atoms with Gasteiger partial charge in [-0.2, -0.15) is 0 Å². The van der Waals surface area contributed by atoms with Crippen molar-refractivity contribution in [1.29, 1.82) is 0 Å². The highest BCUT2D eigenvalue weighted by Crippen LogP contribution is 2.12. The lowest BCUT2D eigenvalue weighted by atomic mass is 10.3. The van der Waals surface area contributed by atoms with E-state index in [4.69, 9.17) is 0 Å². The van der Waals surface area contributed by atoms with Gasteiger partial charge < -0.3 is 5.32 Å². The van der Waals surface area contributed by atoms with Gasteiger partial charge in [0.1, 0.15) is 10.6 Å². The summed E-state index contributed by atoms with van der Waals surface area (Å²) < 4.78 is 1.64. The van der Waals surface area contributed by atoms with Crippen molar-refractivity contribution in [2.24, 2.45) is 0 Å². The first-order chi connectivity index (χ1) is 10.2. The van der Waals surface area contributed by atoms with Crippen LogP contribution in [0.1, 0.15) is 21.1 Å². The second-order valence-electron chi connectivity index (χ2n) is 4.31. The van der Waals surface area contributed by atoms with Crippen molar-refractivity contribution in [1.82, 2.24) is 30.3 Å². The Balaban J connectivity index is 1.66. The number of rotatable bonds is 4. The fraction of sp³-hybridized carbons (Fsp3) is 0.154. The molecular weight excluding hydrogens is 288 g/mol. The molecule has 0 fully saturated rings. The summed E-state index contributed by atoms with van der Waals surface area (Å²) in [5.41, 5.74) is 3.94. The van der Waals surface area contributed by atoms with Gasteiger partial charge in [0.05, 0.1) is 29.6 Å². The Hall–Kier alpha value is -2.61. The van der Waals surface area contributed by atoms with E-state index in [0.29, 0.717) is 17.1 Å². The van der Waals surface area contributed by atoms with Crippen molar-refractivity contribution in [3.63, 3.8) is 0 Å². The molecule has 0 saturated carbocycles. The maximum Gasteiger partial charge on any atom is 0.263 e. The molecule has 21 heavy (non-hydrogen) atoms. The Labute approximate surface area is 124 Å². The largest absolute Gasteiger partial charge is 0.345 e. The summed E-state index contributed by atoms with van der Waals surface area (Å²) in [6.45, 7) is 2.13. The minimum atomic E-state index is -0.145. The number of carbonyl (C=O) groups excluding carboxylic acids is 1. The third-order valence-corrected chi connectivity index (χ3v) is 3.78. The van der Waals surface area contributed by atoms with Gasteiger partial charge >= 0.3 is 0 Å². The molecule has 0 aromatic carbocycles. The zero-order valence-electron chi connectivity index (χ0n) is 11.2. The molecule has 3 heterocycles. The monoisotopic (exact) mass is 300 g/mol. The third-order valence-electron chi connectivity index (χ3n) is 2.85. The minimum absolute atomic E-state index is 0.145. The van der Waals surface area contributed by atoms with Gasteiger partial charge in [-0.15, -0.1) is 16.4 Å². The molecule has 0 saturated heterocycles. The van der Waals surface area contributed by atoms with E-state index in [1.807, 2.05) is 19.1 Å². The molecule has 7 nitrogen and oxygen atoms in total. The van der Waals surface area contributed by atoms with Crippen molar-refractivity contribution in [2.75, 3.05) is 0 Å². The van der Waals surface area contributed by atoms with Gasteiger partial charge in [0.2, 0.25) is 0 Å². The number of hydrogen-bond acceptors (Lipinski definition) is 6. The van der Waals surface area contributed by atoms with Gasteiger partial charge in [-0.05, 0) is 19.1 Å². The molecule has 3 rings (SSSR count). The molecule has 0 spiro atoms. The first-order valence-electron chi connectivity index (χ1n) is 6.24. The molecule has 0 unspecified atom stereocenters. The first kappa shape index (κ1) is 13.4. The topological polar surface area (TPSA) is 85.6 Å². The molecule has 0 aliphatic carbocycles. The van der Waals surface area contributed by atoms with E-state index < -0.39 is 0 Å². The smallest absolute Gasteiger partial charge is 0.263 e. The predicted molar refractivity (Wildman–Crippen MR) is 77.2 cm³/mol. The highest BCUT2D eigenvalue weighted by molar-refractivity contribution is 7.11. The van der Waals surface area contributed by atoms with E-state index in [2.05, 4.69) is 25.6 Å². The van der Waals surface area contributed by atoms with Crippen molar-refractivity contribution >= 4 is 17.2 Å². The number of aromatic nitrogens is 5. The summed E-state index contributed by atoms with van der Waals surface area (Å²) >= 11 is 1.32. The second kappa shape index (κ2) is 5.80. The number of carbonyl (C=O) groups is 1. The van der Waals surface area contributed by atoms with Crippen LogP contribution in [0.5, 0.6) is 0 Å². The Morgan fingerprint density at radius 3 is 2.90 bits per heavy atom. The van der Waals surface area contributed by atoms with E-state index in [0.717, 1.165) is 11.4 Å². The van der Waals surface area contributed by atoms with E-state index in [9.17, 15) is 4.79 Å². The number of nitrogens with zero attached hydrogens (tertiary/aromatic N) is 5. The maximum absolute atomic E-state index is 12.0. The summed E-state index contributed by atoms with van der Waals surface area (Å²) in [5.74, 6) is -0.145. The van der Waals surface area contributed by atoms with Crippen LogP contribution in [0, 0.1) is 6.92 Å². The Bertz CT molecular complexity index is 751. The van der Waals surface area contributed by atoms with Crippen LogP contribution in [0.4, 0.5) is 0 Å². The predicted octanol–water partition coefficient (Wildman–Crippen LogP) is 1.36. The summed E-state index contributed by atoms with van der Waals surface area (Å²) in [7, 11) is 0. The first-order valence-corrected chi connectivity index (χ1v) is 7.12. The van der Waals surface area contributed by atoms with Crippen molar-refractivity contribution in [3.05, 3.63) is 52.5 Å². The normalized spacial score (nSPS) is 10.5. The Morgan fingerprint density at radius 1 is 1.38 bits per heavy atom. The van der Waals surface area contributed by atoms with Crippen LogP contribution in [0.2, 0.25) is 0 Å². The fourth-order valence-corrected chi connectivity index (χ4v) is 2.49. The quantitative estimate of drug-likeness (QED) is 0.786. The molecule has 1 amide bonds. The lowest BCUT2D eigenvalue weighted by Crippen LogP contribution is -2.22. The number of hydrogen-bond donors (Lipinski definition) is 1. The zero-order valence-corrected chi connectivity index (χ0v) is 12.0. The lowest BCUT2D eigenvalue weighted by Gasteiger charge is -2.01. The van der Waals surface area contributed by atoms with Gasteiger partial charge in [0.25, 0.3) is 5.91 Å². The van der Waals surface area contributed by atoms with Crippen LogP contribution in [0.3, 0.4) is 0 Å². The molecule has 106 valence electrons. The van der Waals surface area contributed by atoms with Gasteiger partial charge in [-0.25, -0.2) is 9.67 Å². The van der Waals surface area contributed by atoms with Gasteiger partial charge in [-0.1, -0.05) is 5.21 Å². The van der Waals surface area contributed by atoms with Crippen LogP contribution >= 0.6 is 11.3 Å². The standard InChI is InChI=1S/C13H12N6OS/c1-9-12(21-8-16-9)13(20)15-6-10-7-19(18-17-10)11-2-4-14-5-3-11/h2-5,7-8H,6H2,1H3,(H,15,20). The number of pyridine rings is 1. The minimum Gasteiger partial charge on any atom is -0.345 e. The molecule has 8 heteroatoms. The summed E-state index contributed by atoms with van der Waals surface area (Å²) in [6, 6.07) is 3.66. The number of thiazole rings is 1. The van der Waals surface area contributed by atoms with Crippen molar-refractivity contribution in [3.8, 4) is 5.69 Å². The Morgan fingerprint density at radius 2 is 2.19 bits per heavy atom. The zero-order chi connectivity index (χ0) is 14.7. The fourth-order valence-electron chi connectivity index (χ4n) is 1.77. The highest BCUT2D eigenvalue weighted by atomic mass is 32.1. The number of aryl methyl sites for hydroxylation is 1. The molecule has 1 N–H and O–H groups in total. The van der Waals surface area contributed by atoms with Gasteiger partial charge in [0.15, 0.2) is 0 Å². The van der Waals surface area contributed by atoms with Gasteiger partial charge in [0, 0.05) is 12.4 Å². The van der Waals surface area contributed by atoms with Crippen molar-refractivity contribution < 1.29 is 4.79 Å². The molecule has 3 aromatic rings. The average Bonchev–Trinajstić information content (AvgIpc) is 3.15. The van der Waals surface area contributed by atoms with E-state index in [1.165, 1.54) is 11.3 Å². The van der Waals surface area contributed by atoms with Crippen LogP contribution < -0.4 is 5.32 Å². The lowest BCUT2D eigenvalue weighted by molar-refractivity contribution is 0.0953. The molecule has 3 aromatic heterocycles. The molecule has 0 radical (unpaired) electrons. The molecule has 0 bridgehead atoms. The van der Waals surface area contributed by atoms with Crippen LogP contribution in [0.15, 0.2) is 36.2 Å². The van der Waals surface area contributed by atoms with E-state index in [1.54, 1.807) is 28.8 Å². The van der Waals surface area contributed by atoms with Crippen LogP contribution in [0.25, 0.3) is 5.69 Å². The molecular formula is C13H12N6OS. The van der Waals surface area contributed by atoms with E-state index in [-0.39, 0.29) is 5.91 Å². The highest BCUT2D eigenvalue weighted by Gasteiger charge is 2.12. The van der Waals surface area contributed by atoms with E-state index >= 15 is 0 Å². The average molecular weight is 300 g/mol. The summed E-state index contributed by atoms with van der Waals surface area (Å²) in [6.07, 6.45) is 5.14. The SMILES string of the molecule is Cc1ncsc1C(=O)NCc1cn(-c2ccncc2)nn1. The Kier molecular flexibility index (Phi) is 3.69. The molecule has 0 atom stereocenters.